The molecule has 114 valence electrons. The van der Waals surface area contributed by atoms with Crippen molar-refractivity contribution in [2.45, 2.75) is 25.2 Å². The van der Waals surface area contributed by atoms with Crippen molar-refractivity contribution in [1.82, 2.24) is 10.2 Å². The van der Waals surface area contributed by atoms with Crippen LogP contribution in [0.25, 0.3) is 0 Å². The predicted octanol–water partition coefficient (Wildman–Crippen LogP) is 2.04. The number of hydrogen-bond acceptors (Lipinski definition) is 3. The molecule has 1 aromatic rings. The number of hydrogen-bond donors (Lipinski definition) is 2. The third kappa shape index (κ3) is 3.56. The van der Waals surface area contributed by atoms with Crippen LogP contribution in [0.4, 0.5) is 5.69 Å². The molecule has 1 aromatic carbocycles. The first-order chi connectivity index (χ1) is 10.2. The summed E-state index contributed by atoms with van der Waals surface area (Å²) in [5.41, 5.74) is 2.47. The summed E-state index contributed by atoms with van der Waals surface area (Å²) < 4.78 is 0. The summed E-state index contributed by atoms with van der Waals surface area (Å²) in [5.74, 6) is 1.16. The zero-order chi connectivity index (χ0) is 14.7. The lowest BCUT2D eigenvalue weighted by molar-refractivity contribution is -0.121. The standard InChI is InChI=1S/C17H25N3O/c1-20-8-6-13(7-9-20)11-19-17(21)10-14-12-18-16-5-3-2-4-15(14)16/h2-5,13-14,18H,6-12H2,1H3,(H,19,21). The van der Waals surface area contributed by atoms with Crippen LogP contribution in [0.1, 0.15) is 30.7 Å². The molecule has 0 aliphatic carbocycles. The highest BCUT2D eigenvalue weighted by atomic mass is 16.1. The number of anilines is 1. The molecule has 2 aliphatic heterocycles. The van der Waals surface area contributed by atoms with Gasteiger partial charge in [-0.15, -0.1) is 0 Å². The van der Waals surface area contributed by atoms with Gasteiger partial charge in [0.05, 0.1) is 0 Å². The maximum Gasteiger partial charge on any atom is 0.220 e. The van der Waals surface area contributed by atoms with Gasteiger partial charge in [0.15, 0.2) is 0 Å². The van der Waals surface area contributed by atoms with Crippen LogP contribution in [0.5, 0.6) is 0 Å². The van der Waals surface area contributed by atoms with Gasteiger partial charge in [-0.3, -0.25) is 4.79 Å². The Kier molecular flexibility index (Phi) is 4.44. The number of nitrogens with zero attached hydrogens (tertiary/aromatic N) is 1. The van der Waals surface area contributed by atoms with Crippen molar-refractivity contribution < 1.29 is 4.79 Å². The molecule has 4 heteroatoms. The summed E-state index contributed by atoms with van der Waals surface area (Å²) in [5, 5.41) is 6.52. The number of carbonyl (C=O) groups excluding carboxylic acids is 1. The summed E-state index contributed by atoms with van der Waals surface area (Å²) in [4.78, 5) is 14.5. The molecular weight excluding hydrogens is 262 g/mol. The molecule has 2 N–H and O–H groups in total. The average Bonchev–Trinajstić information content (AvgIpc) is 2.90. The van der Waals surface area contributed by atoms with E-state index in [2.05, 4.69) is 40.8 Å². The minimum Gasteiger partial charge on any atom is -0.384 e. The Hall–Kier alpha value is -1.55. The van der Waals surface area contributed by atoms with Crippen LogP contribution in [0.15, 0.2) is 24.3 Å². The van der Waals surface area contributed by atoms with Crippen molar-refractivity contribution in [1.29, 1.82) is 0 Å². The van der Waals surface area contributed by atoms with Gasteiger partial charge >= 0.3 is 0 Å². The van der Waals surface area contributed by atoms with Gasteiger partial charge in [0.25, 0.3) is 0 Å². The van der Waals surface area contributed by atoms with E-state index in [0.717, 1.165) is 26.2 Å². The van der Waals surface area contributed by atoms with E-state index in [1.54, 1.807) is 0 Å². The van der Waals surface area contributed by atoms with Crippen molar-refractivity contribution in [3.05, 3.63) is 29.8 Å². The molecule has 0 saturated carbocycles. The number of piperidine rings is 1. The topological polar surface area (TPSA) is 44.4 Å². The third-order valence-corrected chi connectivity index (χ3v) is 4.80. The molecule has 2 aliphatic rings. The van der Waals surface area contributed by atoms with Crippen molar-refractivity contribution in [3.63, 3.8) is 0 Å². The highest BCUT2D eigenvalue weighted by Gasteiger charge is 2.24. The van der Waals surface area contributed by atoms with Gasteiger partial charge in [0.2, 0.25) is 5.91 Å². The number of fused-ring (bicyclic) bond motifs is 1. The van der Waals surface area contributed by atoms with E-state index in [1.165, 1.54) is 24.1 Å². The molecule has 3 rings (SSSR count). The van der Waals surface area contributed by atoms with Crippen molar-refractivity contribution >= 4 is 11.6 Å². The summed E-state index contributed by atoms with van der Waals surface area (Å²) in [6, 6.07) is 8.31. The first-order valence-corrected chi connectivity index (χ1v) is 8.00. The number of benzene rings is 1. The van der Waals surface area contributed by atoms with E-state index in [-0.39, 0.29) is 5.91 Å². The lowest BCUT2D eigenvalue weighted by Gasteiger charge is -2.29. The van der Waals surface area contributed by atoms with Gasteiger partial charge < -0.3 is 15.5 Å². The highest BCUT2D eigenvalue weighted by Crippen LogP contribution is 2.33. The van der Waals surface area contributed by atoms with E-state index in [0.29, 0.717) is 18.3 Å². The maximum absolute atomic E-state index is 12.2. The van der Waals surface area contributed by atoms with Gasteiger partial charge in [0, 0.05) is 31.1 Å². The Balaban J connectivity index is 1.45. The van der Waals surface area contributed by atoms with Crippen molar-refractivity contribution in [2.75, 3.05) is 38.5 Å². The smallest absolute Gasteiger partial charge is 0.220 e. The van der Waals surface area contributed by atoms with Crippen LogP contribution in [-0.2, 0) is 4.79 Å². The Morgan fingerprint density at radius 3 is 2.90 bits per heavy atom. The predicted molar refractivity (Wildman–Crippen MR) is 85.5 cm³/mol. The molecule has 1 fully saturated rings. The summed E-state index contributed by atoms with van der Waals surface area (Å²) in [6.07, 6.45) is 2.99. The largest absolute Gasteiger partial charge is 0.384 e. The maximum atomic E-state index is 12.2. The third-order valence-electron chi connectivity index (χ3n) is 4.80. The van der Waals surface area contributed by atoms with E-state index < -0.39 is 0 Å². The van der Waals surface area contributed by atoms with E-state index >= 15 is 0 Å². The molecule has 0 aromatic heterocycles. The molecule has 1 saturated heterocycles. The molecule has 2 heterocycles. The van der Waals surface area contributed by atoms with Crippen molar-refractivity contribution in [3.8, 4) is 0 Å². The number of amides is 1. The van der Waals surface area contributed by atoms with Crippen LogP contribution in [-0.4, -0.2) is 44.0 Å². The quantitative estimate of drug-likeness (QED) is 0.891. The lowest BCUT2D eigenvalue weighted by Crippen LogP contribution is -2.37. The van der Waals surface area contributed by atoms with Gasteiger partial charge in [-0.05, 0) is 50.5 Å². The fourth-order valence-corrected chi connectivity index (χ4v) is 3.36. The van der Waals surface area contributed by atoms with Crippen LogP contribution in [0.2, 0.25) is 0 Å². The number of para-hydroxylation sites is 1. The zero-order valence-corrected chi connectivity index (χ0v) is 12.8. The van der Waals surface area contributed by atoms with E-state index in [1.807, 2.05) is 6.07 Å². The fraction of sp³-hybridized carbons (Fsp3) is 0.588. The summed E-state index contributed by atoms with van der Waals surface area (Å²) in [6.45, 7) is 4.02. The molecule has 0 bridgehead atoms. The summed E-state index contributed by atoms with van der Waals surface area (Å²) >= 11 is 0. The number of carbonyl (C=O) groups is 1. The minimum absolute atomic E-state index is 0.192. The number of rotatable bonds is 4. The molecule has 1 amide bonds. The average molecular weight is 287 g/mol. The number of likely N-dealkylation sites (tertiary alicyclic amines) is 1. The molecule has 0 radical (unpaired) electrons. The molecule has 21 heavy (non-hydrogen) atoms. The Labute approximate surface area is 126 Å². The molecule has 4 nitrogen and oxygen atoms in total. The molecular formula is C17H25N3O. The SMILES string of the molecule is CN1CCC(CNC(=O)CC2CNc3ccccc32)CC1. The lowest BCUT2D eigenvalue weighted by atomic mass is 9.96. The van der Waals surface area contributed by atoms with Crippen LogP contribution in [0, 0.1) is 5.92 Å². The zero-order valence-electron chi connectivity index (χ0n) is 12.8. The van der Waals surface area contributed by atoms with E-state index in [4.69, 9.17) is 0 Å². The van der Waals surface area contributed by atoms with Crippen LogP contribution >= 0.6 is 0 Å². The van der Waals surface area contributed by atoms with Gasteiger partial charge in [-0.25, -0.2) is 0 Å². The second-order valence-corrected chi connectivity index (χ2v) is 6.42. The molecule has 0 spiro atoms. The second kappa shape index (κ2) is 6.48. The highest BCUT2D eigenvalue weighted by molar-refractivity contribution is 5.78. The molecule has 1 atom stereocenters. The Morgan fingerprint density at radius 1 is 1.33 bits per heavy atom. The fourth-order valence-electron chi connectivity index (χ4n) is 3.36. The second-order valence-electron chi connectivity index (χ2n) is 6.42. The van der Waals surface area contributed by atoms with Gasteiger partial charge in [-0.1, -0.05) is 18.2 Å². The Bertz CT molecular complexity index is 495. The minimum atomic E-state index is 0.192. The van der Waals surface area contributed by atoms with Gasteiger partial charge in [0.1, 0.15) is 0 Å². The first kappa shape index (κ1) is 14.4. The Morgan fingerprint density at radius 2 is 2.10 bits per heavy atom. The van der Waals surface area contributed by atoms with Crippen molar-refractivity contribution in [2.24, 2.45) is 5.92 Å². The normalized spacial score (nSPS) is 22.6. The van der Waals surface area contributed by atoms with Crippen LogP contribution < -0.4 is 10.6 Å². The van der Waals surface area contributed by atoms with Gasteiger partial charge in [-0.2, -0.15) is 0 Å². The summed E-state index contributed by atoms with van der Waals surface area (Å²) in [7, 11) is 2.17. The monoisotopic (exact) mass is 287 g/mol. The first-order valence-electron chi connectivity index (χ1n) is 8.00. The molecule has 1 unspecified atom stereocenters. The van der Waals surface area contributed by atoms with Crippen LogP contribution in [0.3, 0.4) is 0 Å². The van der Waals surface area contributed by atoms with E-state index in [9.17, 15) is 4.79 Å². The number of nitrogens with one attached hydrogen (secondary N) is 2.